The Hall–Kier alpha value is -4.62. The lowest BCUT2D eigenvalue weighted by atomic mass is 9.97. The smallest absolute Gasteiger partial charge is 0.252 e. The third-order valence-corrected chi connectivity index (χ3v) is 8.92. The van der Waals surface area contributed by atoms with E-state index in [2.05, 4.69) is 47.8 Å². The normalized spacial score (nSPS) is 14.5. The molecule has 0 fully saturated rings. The number of carbonyl (C=O) groups excluding carboxylic acids is 1. The molecule has 0 bridgehead atoms. The molecule has 6 nitrogen and oxygen atoms in total. The van der Waals surface area contributed by atoms with Gasteiger partial charge in [-0.25, -0.2) is 4.98 Å². The van der Waals surface area contributed by atoms with Crippen molar-refractivity contribution in [3.63, 3.8) is 0 Å². The van der Waals surface area contributed by atoms with E-state index in [0.717, 1.165) is 58.0 Å². The summed E-state index contributed by atoms with van der Waals surface area (Å²) in [5.74, 6) is 2.86. The minimum absolute atomic E-state index is 0.135. The number of nitrogens with zero attached hydrogens (tertiary/aromatic N) is 2. The first-order valence-electron chi connectivity index (χ1n) is 14.6. The summed E-state index contributed by atoms with van der Waals surface area (Å²) >= 11 is 1.81. The molecular formula is C36H31N3O3S. The fraction of sp³-hybridized carbons (Fsp3) is 0.194. The molecule has 1 N–H and O–H groups in total. The average Bonchev–Trinajstić information content (AvgIpc) is 3.07. The molecular weight excluding hydrogens is 554 g/mol. The van der Waals surface area contributed by atoms with E-state index in [1.54, 1.807) is 0 Å². The topological polar surface area (TPSA) is 72.8 Å². The van der Waals surface area contributed by atoms with Gasteiger partial charge in [0.15, 0.2) is 11.5 Å². The molecule has 0 aliphatic carbocycles. The van der Waals surface area contributed by atoms with E-state index in [9.17, 15) is 4.79 Å². The number of thioether (sulfide) groups is 1. The maximum atomic E-state index is 14.2. The predicted molar refractivity (Wildman–Crippen MR) is 174 cm³/mol. The number of hydrogen-bond donors (Lipinski definition) is 1. The van der Waals surface area contributed by atoms with Crippen LogP contribution in [-0.2, 0) is 12.2 Å². The quantitative estimate of drug-likeness (QED) is 0.205. The summed E-state index contributed by atoms with van der Waals surface area (Å²) in [4.78, 5) is 24.1. The van der Waals surface area contributed by atoms with E-state index in [-0.39, 0.29) is 11.9 Å². The third kappa shape index (κ3) is 5.99. The molecule has 5 aromatic rings. The van der Waals surface area contributed by atoms with Crippen LogP contribution in [0.4, 0.5) is 5.69 Å². The molecule has 1 unspecified atom stereocenters. The summed E-state index contributed by atoms with van der Waals surface area (Å²) in [7, 11) is 0. The number of rotatable bonds is 8. The molecule has 0 saturated carbocycles. The van der Waals surface area contributed by atoms with Gasteiger partial charge in [0, 0.05) is 28.2 Å². The zero-order valence-corrected chi connectivity index (χ0v) is 24.5. The summed E-state index contributed by atoms with van der Waals surface area (Å²) in [5, 5.41) is 4.19. The Morgan fingerprint density at radius 1 is 0.837 bits per heavy atom. The summed E-state index contributed by atoms with van der Waals surface area (Å²) in [6.07, 6.45) is 1.73. The fourth-order valence-corrected chi connectivity index (χ4v) is 6.65. The van der Waals surface area contributed by atoms with Crippen LogP contribution in [0.1, 0.15) is 27.9 Å². The van der Waals surface area contributed by atoms with Crippen molar-refractivity contribution in [2.24, 2.45) is 4.99 Å². The number of ether oxygens (including phenoxy) is 2. The molecule has 4 aromatic carbocycles. The van der Waals surface area contributed by atoms with Crippen LogP contribution in [-0.4, -0.2) is 41.6 Å². The number of aromatic nitrogens is 1. The zero-order chi connectivity index (χ0) is 29.0. The molecule has 214 valence electrons. The van der Waals surface area contributed by atoms with Crippen molar-refractivity contribution < 1.29 is 14.3 Å². The molecule has 7 rings (SSSR count). The van der Waals surface area contributed by atoms with E-state index < -0.39 is 0 Å². The number of fused-ring (bicyclic) bond motifs is 3. The molecule has 3 heterocycles. The Kier molecular flexibility index (Phi) is 7.80. The largest absolute Gasteiger partial charge is 0.486 e. The highest BCUT2D eigenvalue weighted by Gasteiger charge is 2.24. The number of para-hydroxylation sites is 2. The SMILES string of the molecule is O=C(NC(CSCc1ccccc1)C1=Nc2ccccc2CC1)c1cc(-c2ccc3c(c2)OCCO3)nc2ccccc12. The molecule has 2 aliphatic heterocycles. The maximum Gasteiger partial charge on any atom is 0.252 e. The molecule has 1 aromatic heterocycles. The van der Waals surface area contributed by atoms with E-state index in [1.165, 1.54) is 11.1 Å². The lowest BCUT2D eigenvalue weighted by Crippen LogP contribution is -2.43. The molecule has 0 saturated heterocycles. The second-order valence-electron chi connectivity index (χ2n) is 10.7. The number of aryl methyl sites for hydroxylation is 1. The molecule has 43 heavy (non-hydrogen) atoms. The van der Waals surface area contributed by atoms with E-state index in [0.29, 0.717) is 30.2 Å². The van der Waals surface area contributed by atoms with Crippen molar-refractivity contribution in [1.29, 1.82) is 0 Å². The summed E-state index contributed by atoms with van der Waals surface area (Å²) in [6, 6.07) is 34.0. The Labute approximate surface area is 255 Å². The predicted octanol–water partition coefficient (Wildman–Crippen LogP) is 7.42. The second kappa shape index (κ2) is 12.3. The number of nitrogens with one attached hydrogen (secondary N) is 1. The van der Waals surface area contributed by atoms with Crippen molar-refractivity contribution in [2.75, 3.05) is 19.0 Å². The van der Waals surface area contributed by atoms with Crippen LogP contribution in [0, 0.1) is 0 Å². The Morgan fingerprint density at radius 3 is 2.53 bits per heavy atom. The summed E-state index contributed by atoms with van der Waals surface area (Å²) in [6.45, 7) is 1.04. The molecule has 1 amide bonds. The Bertz CT molecular complexity index is 1820. The fourth-order valence-electron chi connectivity index (χ4n) is 5.60. The minimum Gasteiger partial charge on any atom is -0.486 e. The molecule has 2 aliphatic rings. The molecule has 0 spiro atoms. The van der Waals surface area contributed by atoms with Crippen LogP contribution in [0.25, 0.3) is 22.2 Å². The monoisotopic (exact) mass is 585 g/mol. The zero-order valence-electron chi connectivity index (χ0n) is 23.7. The highest BCUT2D eigenvalue weighted by molar-refractivity contribution is 7.98. The number of amides is 1. The Balaban J connectivity index is 1.21. The number of benzene rings is 4. The first-order chi connectivity index (χ1) is 21.2. The van der Waals surface area contributed by atoms with Gasteiger partial charge in [-0.2, -0.15) is 11.8 Å². The third-order valence-electron chi connectivity index (χ3n) is 7.81. The summed E-state index contributed by atoms with van der Waals surface area (Å²) < 4.78 is 11.5. The standard InChI is InChI=1S/C36H31N3O3S/c40-36(28-21-32(38-30-13-7-5-11-27(28)30)26-15-17-34-35(20-26)42-19-18-41-34)39-33(23-43-22-24-8-2-1-3-9-24)31-16-14-25-10-4-6-12-29(25)37-31/h1-13,15,17,20-21,33H,14,16,18-19,22-23H2,(H,39,40). The summed E-state index contributed by atoms with van der Waals surface area (Å²) in [5.41, 5.74) is 7.44. The van der Waals surface area contributed by atoms with Gasteiger partial charge in [-0.05, 0) is 60.4 Å². The van der Waals surface area contributed by atoms with Gasteiger partial charge in [0.05, 0.1) is 28.5 Å². The maximum absolute atomic E-state index is 14.2. The molecule has 7 heteroatoms. The van der Waals surface area contributed by atoms with Crippen LogP contribution >= 0.6 is 11.8 Å². The lowest BCUT2D eigenvalue weighted by Gasteiger charge is -2.25. The first-order valence-corrected chi connectivity index (χ1v) is 15.7. The van der Waals surface area contributed by atoms with Gasteiger partial charge in [0.2, 0.25) is 0 Å². The second-order valence-corrected chi connectivity index (χ2v) is 11.7. The lowest BCUT2D eigenvalue weighted by molar-refractivity contribution is 0.0951. The van der Waals surface area contributed by atoms with Crippen molar-refractivity contribution in [3.8, 4) is 22.8 Å². The number of pyridine rings is 1. The van der Waals surface area contributed by atoms with Gasteiger partial charge in [-0.1, -0.05) is 66.7 Å². The average molecular weight is 586 g/mol. The highest BCUT2D eigenvalue weighted by Crippen LogP contribution is 2.35. The number of aliphatic imine (C=N–C) groups is 1. The molecule has 1 atom stereocenters. The van der Waals surface area contributed by atoms with E-state index in [1.807, 2.05) is 72.4 Å². The van der Waals surface area contributed by atoms with Gasteiger partial charge in [-0.3, -0.25) is 9.79 Å². The van der Waals surface area contributed by atoms with Crippen molar-refractivity contribution >= 4 is 40.0 Å². The van der Waals surface area contributed by atoms with Crippen LogP contribution in [0.2, 0.25) is 0 Å². The van der Waals surface area contributed by atoms with Gasteiger partial charge in [-0.15, -0.1) is 0 Å². The first kappa shape index (κ1) is 27.2. The van der Waals surface area contributed by atoms with Crippen molar-refractivity contribution in [1.82, 2.24) is 10.3 Å². The van der Waals surface area contributed by atoms with E-state index >= 15 is 0 Å². The minimum atomic E-state index is -0.209. The number of carbonyl (C=O) groups is 1. The molecule has 0 radical (unpaired) electrons. The van der Waals surface area contributed by atoms with Gasteiger partial charge in [0.25, 0.3) is 5.91 Å². The van der Waals surface area contributed by atoms with Crippen LogP contribution in [0.3, 0.4) is 0 Å². The van der Waals surface area contributed by atoms with Crippen LogP contribution in [0.15, 0.2) is 108 Å². The Morgan fingerprint density at radius 2 is 1.63 bits per heavy atom. The van der Waals surface area contributed by atoms with Crippen molar-refractivity contribution in [3.05, 3.63) is 120 Å². The van der Waals surface area contributed by atoms with Gasteiger partial charge >= 0.3 is 0 Å². The van der Waals surface area contributed by atoms with Crippen LogP contribution < -0.4 is 14.8 Å². The van der Waals surface area contributed by atoms with Gasteiger partial charge in [0.1, 0.15) is 13.2 Å². The van der Waals surface area contributed by atoms with E-state index in [4.69, 9.17) is 19.5 Å². The van der Waals surface area contributed by atoms with Crippen LogP contribution in [0.5, 0.6) is 11.5 Å². The highest BCUT2D eigenvalue weighted by atomic mass is 32.2. The number of hydrogen-bond acceptors (Lipinski definition) is 6. The van der Waals surface area contributed by atoms with Crippen molar-refractivity contribution in [2.45, 2.75) is 24.6 Å². The van der Waals surface area contributed by atoms with Gasteiger partial charge < -0.3 is 14.8 Å².